The lowest BCUT2D eigenvalue weighted by Crippen LogP contribution is -3.00. The van der Waals surface area contributed by atoms with E-state index < -0.39 is 0 Å². The predicted octanol–water partition coefficient (Wildman–Crippen LogP) is -0.0269. The molecule has 0 unspecified atom stereocenters. The number of pyridine rings is 1. The van der Waals surface area contributed by atoms with Gasteiger partial charge >= 0.3 is 0 Å². The topological polar surface area (TPSA) is 12.9 Å². The van der Waals surface area contributed by atoms with Crippen LogP contribution in [0.3, 0.4) is 0 Å². The van der Waals surface area contributed by atoms with E-state index in [4.69, 9.17) is 0 Å². The minimum Gasteiger partial charge on any atom is -1.00 e. The van der Waals surface area contributed by atoms with E-state index >= 15 is 0 Å². The summed E-state index contributed by atoms with van der Waals surface area (Å²) in [6.07, 6.45) is 11.0. The summed E-state index contributed by atoms with van der Waals surface area (Å²) in [5, 5.41) is 2.42. The largest absolute Gasteiger partial charge is 1.00 e. The highest BCUT2D eigenvalue weighted by Gasteiger charge is 2.14. The van der Waals surface area contributed by atoms with Crippen molar-refractivity contribution in [3.63, 3.8) is 0 Å². The number of rotatable bonds is 0. The van der Waals surface area contributed by atoms with Crippen molar-refractivity contribution in [2.45, 2.75) is 0 Å². The van der Waals surface area contributed by atoms with Gasteiger partial charge in [-0.3, -0.25) is 0 Å². The van der Waals surface area contributed by atoms with Crippen molar-refractivity contribution in [3.05, 3.63) is 59.9 Å². The number of hydrogen-bond donors (Lipinski definition) is 0. The van der Waals surface area contributed by atoms with Crippen molar-refractivity contribution in [1.82, 2.24) is 4.98 Å². The van der Waals surface area contributed by atoms with Crippen LogP contribution in [0.4, 0.5) is 0 Å². The van der Waals surface area contributed by atoms with Gasteiger partial charge in [-0.05, 0) is 6.07 Å². The van der Waals surface area contributed by atoms with Crippen LogP contribution in [0.15, 0.2) is 42.6 Å². The summed E-state index contributed by atoms with van der Waals surface area (Å²) in [5.74, 6) is 0. The highest BCUT2D eigenvalue weighted by molar-refractivity contribution is 5.91. The van der Waals surface area contributed by atoms with Gasteiger partial charge in [-0.15, -0.1) is 0 Å². The minimum absolute atomic E-state index is 0. The van der Waals surface area contributed by atoms with Gasteiger partial charge in [0.25, 0.3) is 0 Å². The summed E-state index contributed by atoms with van der Waals surface area (Å²) in [4.78, 5) is 4.35. The molecule has 2 heteroatoms. The molecule has 0 aliphatic heterocycles. The summed E-state index contributed by atoms with van der Waals surface area (Å²) in [6, 6.07) is 8.28. The number of aromatic nitrogens is 1. The normalized spacial score (nSPS) is 11.7. The van der Waals surface area contributed by atoms with E-state index in [1.807, 2.05) is 24.4 Å². The first-order valence-electron chi connectivity index (χ1n) is 4.59. The Balaban J connectivity index is 0.000000853. The van der Waals surface area contributed by atoms with Crippen LogP contribution in [0, 0.1) is 6.08 Å². The van der Waals surface area contributed by atoms with Crippen LogP contribution in [0.2, 0.25) is 0 Å². The van der Waals surface area contributed by atoms with E-state index in [0.29, 0.717) is 0 Å². The standard InChI is InChI=1S/C13H8N.BrH/c1-2-6-11-10(5-1)9-14-13-8-4-3-7-12(11)13;/h1-7,9H;1H/q+1;/p-1. The highest BCUT2D eigenvalue weighted by Crippen LogP contribution is 2.23. The first kappa shape index (κ1) is 10.0. The van der Waals surface area contributed by atoms with Crippen LogP contribution in [-0.4, -0.2) is 4.98 Å². The summed E-state index contributed by atoms with van der Waals surface area (Å²) in [6.45, 7) is 0. The molecule has 72 valence electrons. The fraction of sp³-hybridized carbons (Fsp3) is 0. The quantitative estimate of drug-likeness (QED) is 0.605. The molecule has 0 N–H and O–H groups in total. The van der Waals surface area contributed by atoms with E-state index in [0.717, 1.165) is 5.69 Å². The van der Waals surface area contributed by atoms with Gasteiger partial charge in [-0.1, -0.05) is 18.2 Å². The van der Waals surface area contributed by atoms with Crippen molar-refractivity contribution in [3.8, 4) is 0 Å². The lowest BCUT2D eigenvalue weighted by atomic mass is 10.0. The van der Waals surface area contributed by atoms with Crippen LogP contribution in [0.25, 0.3) is 16.8 Å². The molecular formula is C13H8BrN. The maximum Gasteiger partial charge on any atom is 0.237 e. The molecule has 0 saturated heterocycles. The Labute approximate surface area is 98.9 Å². The summed E-state index contributed by atoms with van der Waals surface area (Å²) in [5.41, 5.74) is 2.11. The third-order valence-corrected chi connectivity index (χ3v) is 2.42. The van der Waals surface area contributed by atoms with Crippen molar-refractivity contribution >= 4 is 16.8 Å². The van der Waals surface area contributed by atoms with Crippen molar-refractivity contribution in [2.75, 3.05) is 0 Å². The average molecular weight is 258 g/mol. The number of benzene rings is 1. The smallest absolute Gasteiger partial charge is 0.237 e. The van der Waals surface area contributed by atoms with Gasteiger partial charge < -0.3 is 17.0 Å². The van der Waals surface area contributed by atoms with Gasteiger partial charge in [0.15, 0.2) is 0 Å². The first-order valence-corrected chi connectivity index (χ1v) is 4.59. The first-order chi connectivity index (χ1) is 6.95. The lowest BCUT2D eigenvalue weighted by Gasteiger charge is -1.99. The van der Waals surface area contributed by atoms with Gasteiger partial charge in [0, 0.05) is 17.7 Å². The van der Waals surface area contributed by atoms with Gasteiger partial charge in [0.05, 0.1) is 17.5 Å². The predicted molar refractivity (Wildman–Crippen MR) is 57.7 cm³/mol. The molecule has 0 saturated carbocycles. The minimum atomic E-state index is 0. The molecule has 0 amide bonds. The third-order valence-electron chi connectivity index (χ3n) is 2.42. The summed E-state index contributed by atoms with van der Waals surface area (Å²) < 4.78 is 0. The van der Waals surface area contributed by atoms with E-state index in [2.05, 4.69) is 35.3 Å². The molecular weight excluding hydrogens is 250 g/mol. The SMILES string of the molecule is [Br-].[C+]1=CC=Cc2c1ncc1ccccc21. The lowest BCUT2D eigenvalue weighted by molar-refractivity contribution is -0.00000268. The number of hydrogen-bond acceptors (Lipinski definition) is 1. The fourth-order valence-corrected chi connectivity index (χ4v) is 1.74. The van der Waals surface area contributed by atoms with Gasteiger partial charge in [-0.25, -0.2) is 4.98 Å². The molecule has 2 aromatic rings. The number of allylic oxidation sites excluding steroid dienone is 2. The molecule has 1 nitrogen and oxygen atoms in total. The molecule has 0 bridgehead atoms. The Kier molecular flexibility index (Phi) is 2.63. The molecule has 0 atom stereocenters. The van der Waals surface area contributed by atoms with E-state index in [1.54, 1.807) is 0 Å². The maximum atomic E-state index is 4.35. The molecule has 1 heterocycles. The van der Waals surface area contributed by atoms with Crippen LogP contribution in [0.1, 0.15) is 11.3 Å². The Morgan fingerprint density at radius 3 is 2.93 bits per heavy atom. The van der Waals surface area contributed by atoms with Gasteiger partial charge in [-0.2, -0.15) is 0 Å². The molecule has 1 aromatic carbocycles. The molecule has 1 aliphatic carbocycles. The second kappa shape index (κ2) is 3.93. The van der Waals surface area contributed by atoms with Gasteiger partial charge in [0.1, 0.15) is 11.6 Å². The zero-order valence-electron chi connectivity index (χ0n) is 7.94. The molecule has 0 radical (unpaired) electrons. The summed E-state index contributed by atoms with van der Waals surface area (Å²) in [7, 11) is 0. The average Bonchev–Trinajstić information content (AvgIpc) is 2.29. The van der Waals surface area contributed by atoms with Crippen molar-refractivity contribution in [2.24, 2.45) is 0 Å². The Morgan fingerprint density at radius 1 is 1.13 bits per heavy atom. The highest BCUT2D eigenvalue weighted by atomic mass is 79.9. The van der Waals surface area contributed by atoms with Crippen LogP contribution in [-0.2, 0) is 0 Å². The van der Waals surface area contributed by atoms with Crippen LogP contribution in [0.5, 0.6) is 0 Å². The van der Waals surface area contributed by atoms with Crippen molar-refractivity contribution in [1.29, 1.82) is 0 Å². The van der Waals surface area contributed by atoms with Crippen molar-refractivity contribution < 1.29 is 17.0 Å². The van der Waals surface area contributed by atoms with Crippen LogP contribution >= 0.6 is 0 Å². The second-order valence-corrected chi connectivity index (χ2v) is 3.28. The Bertz CT molecular complexity index is 555. The van der Waals surface area contributed by atoms with E-state index in [9.17, 15) is 0 Å². The van der Waals surface area contributed by atoms with Gasteiger partial charge in [0.2, 0.25) is 5.69 Å². The maximum absolute atomic E-state index is 4.35. The molecule has 1 aliphatic rings. The third kappa shape index (κ3) is 1.58. The molecule has 0 fully saturated rings. The zero-order chi connectivity index (χ0) is 9.38. The van der Waals surface area contributed by atoms with E-state index in [1.165, 1.54) is 16.3 Å². The molecule has 1 aromatic heterocycles. The Morgan fingerprint density at radius 2 is 2.00 bits per heavy atom. The molecule has 3 rings (SSSR count). The number of halogens is 1. The monoisotopic (exact) mass is 257 g/mol. The summed E-state index contributed by atoms with van der Waals surface area (Å²) >= 11 is 0. The molecule has 0 spiro atoms. The Hall–Kier alpha value is -1.50. The number of fused-ring (bicyclic) bond motifs is 3. The number of nitrogens with zero attached hydrogens (tertiary/aromatic N) is 1. The second-order valence-electron chi connectivity index (χ2n) is 3.28. The van der Waals surface area contributed by atoms with E-state index in [-0.39, 0.29) is 17.0 Å². The zero-order valence-corrected chi connectivity index (χ0v) is 9.53. The van der Waals surface area contributed by atoms with Crippen LogP contribution < -0.4 is 17.0 Å². The molecule has 15 heavy (non-hydrogen) atoms. The fourth-order valence-electron chi connectivity index (χ4n) is 1.74.